The number of nitrogens with zero attached hydrogens (tertiary/aromatic N) is 1. The fraction of sp³-hybridized carbons (Fsp3) is 0.400. The smallest absolute Gasteiger partial charge is 0.262 e. The van der Waals surface area contributed by atoms with E-state index in [2.05, 4.69) is 5.32 Å². The Kier molecular flexibility index (Phi) is 3.88. The highest BCUT2D eigenvalue weighted by Crippen LogP contribution is 2.26. The molecule has 2 rings (SSSR count). The van der Waals surface area contributed by atoms with Crippen molar-refractivity contribution in [3.05, 3.63) is 35.4 Å². The molecule has 0 saturated heterocycles. The third-order valence-electron chi connectivity index (χ3n) is 3.38. The van der Waals surface area contributed by atoms with E-state index in [0.29, 0.717) is 17.5 Å². The zero-order chi connectivity index (χ0) is 14.9. The van der Waals surface area contributed by atoms with Crippen LogP contribution < -0.4 is 5.32 Å². The number of hydrogen-bond acceptors (Lipinski definition) is 3. The first-order valence-corrected chi connectivity index (χ1v) is 6.66. The lowest BCUT2D eigenvalue weighted by molar-refractivity contribution is -0.125. The van der Waals surface area contributed by atoms with Gasteiger partial charge in [0.05, 0.1) is 11.1 Å². The Balaban J connectivity index is 2.39. The molecular formula is C15H18N2O3. The van der Waals surface area contributed by atoms with Crippen LogP contribution >= 0.6 is 0 Å². The summed E-state index contributed by atoms with van der Waals surface area (Å²) < 4.78 is 0. The molecule has 0 bridgehead atoms. The summed E-state index contributed by atoms with van der Waals surface area (Å²) >= 11 is 0. The van der Waals surface area contributed by atoms with Crippen LogP contribution in [0.2, 0.25) is 0 Å². The van der Waals surface area contributed by atoms with Crippen LogP contribution in [-0.4, -0.2) is 35.7 Å². The van der Waals surface area contributed by atoms with Gasteiger partial charge >= 0.3 is 0 Å². The molecule has 106 valence electrons. The number of nitrogens with one attached hydrogen (secondary N) is 1. The van der Waals surface area contributed by atoms with E-state index >= 15 is 0 Å². The van der Waals surface area contributed by atoms with Crippen molar-refractivity contribution >= 4 is 17.7 Å². The highest BCUT2D eigenvalue weighted by molar-refractivity contribution is 6.22. The van der Waals surface area contributed by atoms with Crippen LogP contribution in [0.5, 0.6) is 0 Å². The molecule has 1 atom stereocenters. The molecule has 1 aliphatic heterocycles. The van der Waals surface area contributed by atoms with Gasteiger partial charge in [0.25, 0.3) is 11.8 Å². The maximum atomic E-state index is 12.4. The number of carbonyl (C=O) groups excluding carboxylic acids is 3. The van der Waals surface area contributed by atoms with E-state index in [-0.39, 0.29) is 23.6 Å². The predicted molar refractivity (Wildman–Crippen MR) is 74.3 cm³/mol. The largest absolute Gasteiger partial charge is 0.357 e. The fourth-order valence-corrected chi connectivity index (χ4v) is 2.43. The van der Waals surface area contributed by atoms with Gasteiger partial charge in [-0.05, 0) is 24.5 Å². The minimum atomic E-state index is -0.757. The molecule has 1 aromatic carbocycles. The number of imide groups is 1. The van der Waals surface area contributed by atoms with Crippen molar-refractivity contribution in [3.8, 4) is 0 Å². The number of benzene rings is 1. The molecule has 0 spiro atoms. The van der Waals surface area contributed by atoms with Crippen molar-refractivity contribution in [1.82, 2.24) is 10.2 Å². The molecule has 5 nitrogen and oxygen atoms in total. The summed E-state index contributed by atoms with van der Waals surface area (Å²) in [5, 5.41) is 2.53. The van der Waals surface area contributed by atoms with Gasteiger partial charge in [0.1, 0.15) is 6.04 Å². The summed E-state index contributed by atoms with van der Waals surface area (Å²) in [5.74, 6) is -0.894. The molecule has 0 aromatic heterocycles. The van der Waals surface area contributed by atoms with Gasteiger partial charge in [0, 0.05) is 7.05 Å². The topological polar surface area (TPSA) is 66.5 Å². The van der Waals surface area contributed by atoms with E-state index in [1.165, 1.54) is 7.05 Å². The normalized spacial score (nSPS) is 15.5. The minimum Gasteiger partial charge on any atom is -0.357 e. The summed E-state index contributed by atoms with van der Waals surface area (Å²) in [6.45, 7) is 3.90. The van der Waals surface area contributed by atoms with Crippen molar-refractivity contribution in [2.24, 2.45) is 5.92 Å². The Labute approximate surface area is 118 Å². The Morgan fingerprint density at radius 2 is 1.65 bits per heavy atom. The highest BCUT2D eigenvalue weighted by atomic mass is 16.2. The Morgan fingerprint density at radius 3 is 2.05 bits per heavy atom. The van der Waals surface area contributed by atoms with Crippen LogP contribution in [0, 0.1) is 5.92 Å². The third kappa shape index (κ3) is 2.31. The quantitative estimate of drug-likeness (QED) is 0.845. The molecule has 0 radical (unpaired) electrons. The maximum Gasteiger partial charge on any atom is 0.262 e. The molecule has 1 heterocycles. The number of carbonyl (C=O) groups is 3. The van der Waals surface area contributed by atoms with E-state index in [0.717, 1.165) is 4.90 Å². The summed E-state index contributed by atoms with van der Waals surface area (Å²) in [7, 11) is 1.51. The molecule has 3 amide bonds. The van der Waals surface area contributed by atoms with Gasteiger partial charge in [-0.25, -0.2) is 0 Å². The van der Waals surface area contributed by atoms with Crippen molar-refractivity contribution < 1.29 is 14.4 Å². The van der Waals surface area contributed by atoms with Crippen LogP contribution in [0.25, 0.3) is 0 Å². The zero-order valence-corrected chi connectivity index (χ0v) is 11.8. The van der Waals surface area contributed by atoms with Gasteiger partial charge < -0.3 is 5.32 Å². The summed E-state index contributed by atoms with van der Waals surface area (Å²) in [4.78, 5) is 37.9. The van der Waals surface area contributed by atoms with Crippen LogP contribution in [0.4, 0.5) is 0 Å². The summed E-state index contributed by atoms with van der Waals surface area (Å²) in [5.41, 5.74) is 0.741. The molecular weight excluding hydrogens is 256 g/mol. The molecule has 1 N–H and O–H groups in total. The van der Waals surface area contributed by atoms with Crippen molar-refractivity contribution in [2.75, 3.05) is 7.05 Å². The van der Waals surface area contributed by atoms with Crippen molar-refractivity contribution in [3.63, 3.8) is 0 Å². The summed E-state index contributed by atoms with van der Waals surface area (Å²) in [6.07, 6.45) is 0.450. The van der Waals surface area contributed by atoms with E-state index < -0.39 is 6.04 Å². The molecule has 1 aliphatic rings. The third-order valence-corrected chi connectivity index (χ3v) is 3.38. The van der Waals surface area contributed by atoms with Crippen LogP contribution in [0.15, 0.2) is 24.3 Å². The monoisotopic (exact) mass is 274 g/mol. The lowest BCUT2D eigenvalue weighted by atomic mass is 10.0. The lowest BCUT2D eigenvalue weighted by Gasteiger charge is -2.26. The molecule has 5 heteroatoms. The Hall–Kier alpha value is -2.17. The van der Waals surface area contributed by atoms with Gasteiger partial charge in [-0.2, -0.15) is 0 Å². The molecule has 0 saturated carbocycles. The summed E-state index contributed by atoms with van der Waals surface area (Å²) in [6, 6.07) is 5.90. The first-order valence-electron chi connectivity index (χ1n) is 6.66. The predicted octanol–water partition coefficient (Wildman–Crippen LogP) is 1.44. The van der Waals surface area contributed by atoms with Gasteiger partial charge in [0.15, 0.2) is 0 Å². The van der Waals surface area contributed by atoms with E-state index in [9.17, 15) is 14.4 Å². The number of amides is 3. The van der Waals surface area contributed by atoms with Gasteiger partial charge in [-0.1, -0.05) is 26.0 Å². The van der Waals surface area contributed by atoms with Gasteiger partial charge in [-0.15, -0.1) is 0 Å². The lowest BCUT2D eigenvalue weighted by Crippen LogP contribution is -2.49. The van der Waals surface area contributed by atoms with E-state index in [1.54, 1.807) is 24.3 Å². The van der Waals surface area contributed by atoms with Crippen molar-refractivity contribution in [1.29, 1.82) is 0 Å². The second-order valence-corrected chi connectivity index (χ2v) is 5.29. The first kappa shape index (κ1) is 14.2. The zero-order valence-electron chi connectivity index (χ0n) is 11.8. The molecule has 1 aromatic rings. The first-order chi connectivity index (χ1) is 9.47. The van der Waals surface area contributed by atoms with Crippen LogP contribution in [-0.2, 0) is 4.79 Å². The average Bonchev–Trinajstić information content (AvgIpc) is 2.68. The highest BCUT2D eigenvalue weighted by Gasteiger charge is 2.42. The van der Waals surface area contributed by atoms with Crippen LogP contribution in [0.3, 0.4) is 0 Å². The second kappa shape index (κ2) is 5.45. The Bertz CT molecular complexity index is 531. The van der Waals surface area contributed by atoms with Crippen LogP contribution in [0.1, 0.15) is 41.0 Å². The second-order valence-electron chi connectivity index (χ2n) is 5.29. The van der Waals surface area contributed by atoms with Crippen molar-refractivity contribution in [2.45, 2.75) is 26.3 Å². The number of fused-ring (bicyclic) bond motifs is 1. The fourth-order valence-electron chi connectivity index (χ4n) is 2.43. The maximum absolute atomic E-state index is 12.4. The van der Waals surface area contributed by atoms with Gasteiger partial charge in [-0.3, -0.25) is 19.3 Å². The SMILES string of the molecule is CNC(=O)[C@H](CC(C)C)N1C(=O)c2ccccc2C1=O. The van der Waals surface area contributed by atoms with E-state index in [4.69, 9.17) is 0 Å². The van der Waals surface area contributed by atoms with E-state index in [1.807, 2.05) is 13.8 Å². The molecule has 0 unspecified atom stereocenters. The minimum absolute atomic E-state index is 0.196. The number of hydrogen-bond donors (Lipinski definition) is 1. The molecule has 0 aliphatic carbocycles. The average molecular weight is 274 g/mol. The number of rotatable bonds is 4. The Morgan fingerprint density at radius 1 is 1.15 bits per heavy atom. The standard InChI is InChI=1S/C15H18N2O3/c1-9(2)8-12(13(18)16-3)17-14(19)10-6-4-5-7-11(10)15(17)20/h4-7,9,12H,8H2,1-3H3,(H,16,18)/t12-/m0/s1. The van der Waals surface area contributed by atoms with Gasteiger partial charge in [0.2, 0.25) is 5.91 Å². The number of likely N-dealkylation sites (N-methyl/N-ethyl adjacent to an activating group) is 1. The molecule has 20 heavy (non-hydrogen) atoms. The molecule has 0 fully saturated rings.